The first-order valence-electron chi connectivity index (χ1n) is 6.75. The third-order valence-corrected chi connectivity index (χ3v) is 3.20. The summed E-state index contributed by atoms with van der Waals surface area (Å²) in [6, 6.07) is 0. The molecule has 0 aromatic carbocycles. The zero-order valence-electron chi connectivity index (χ0n) is 11.2. The van der Waals surface area contributed by atoms with Gasteiger partial charge >= 0.3 is 0 Å². The first kappa shape index (κ1) is 13.0. The van der Waals surface area contributed by atoms with Gasteiger partial charge in [-0.3, -0.25) is 4.79 Å². The predicted octanol–water partition coefficient (Wildman–Crippen LogP) is 2.55. The summed E-state index contributed by atoms with van der Waals surface area (Å²) in [7, 11) is 0. The van der Waals surface area contributed by atoms with Crippen molar-refractivity contribution in [3.63, 3.8) is 0 Å². The summed E-state index contributed by atoms with van der Waals surface area (Å²) in [5, 5.41) is 4.19. The Kier molecular flexibility index (Phi) is 4.28. The highest BCUT2D eigenvalue weighted by atomic mass is 16.1. The van der Waals surface area contributed by atoms with Gasteiger partial charge in [0.1, 0.15) is 12.2 Å². The summed E-state index contributed by atoms with van der Waals surface area (Å²) >= 11 is 0. The minimum Gasteiger partial charge on any atom is -0.294 e. The van der Waals surface area contributed by atoms with Crippen molar-refractivity contribution in [2.75, 3.05) is 0 Å². The zero-order valence-corrected chi connectivity index (χ0v) is 11.2. The molecule has 1 aromatic heterocycles. The van der Waals surface area contributed by atoms with E-state index >= 15 is 0 Å². The molecule has 0 spiro atoms. The van der Waals surface area contributed by atoms with E-state index in [0.717, 1.165) is 37.2 Å². The number of carbonyl (C=O) groups is 1. The van der Waals surface area contributed by atoms with Crippen molar-refractivity contribution in [3.05, 3.63) is 23.8 Å². The van der Waals surface area contributed by atoms with Gasteiger partial charge in [-0.2, -0.15) is 5.10 Å². The normalized spacial score (nSPS) is 15.8. The first-order valence-corrected chi connectivity index (χ1v) is 6.75. The highest BCUT2D eigenvalue weighted by Gasteiger charge is 2.16. The molecule has 4 heteroatoms. The summed E-state index contributed by atoms with van der Waals surface area (Å²) in [6.45, 7) is 5.09. The fourth-order valence-electron chi connectivity index (χ4n) is 2.27. The van der Waals surface area contributed by atoms with Crippen LogP contribution in [0.5, 0.6) is 0 Å². The Morgan fingerprint density at radius 1 is 1.44 bits per heavy atom. The molecule has 1 heterocycles. The van der Waals surface area contributed by atoms with E-state index < -0.39 is 0 Å². The van der Waals surface area contributed by atoms with Crippen LogP contribution in [0.15, 0.2) is 18.0 Å². The first-order chi connectivity index (χ1) is 8.66. The van der Waals surface area contributed by atoms with Crippen LogP contribution in [-0.2, 0) is 17.8 Å². The number of hydrogen-bond acceptors (Lipinski definition) is 3. The van der Waals surface area contributed by atoms with E-state index in [1.165, 1.54) is 6.42 Å². The molecule has 0 aliphatic heterocycles. The maximum atomic E-state index is 12.2. The van der Waals surface area contributed by atoms with E-state index in [1.807, 2.05) is 4.68 Å². The fraction of sp³-hybridized carbons (Fsp3) is 0.643. The van der Waals surface area contributed by atoms with Crippen LogP contribution in [0, 0.1) is 5.92 Å². The smallest absolute Gasteiger partial charge is 0.166 e. The van der Waals surface area contributed by atoms with Crippen molar-refractivity contribution in [1.29, 1.82) is 0 Å². The van der Waals surface area contributed by atoms with E-state index in [-0.39, 0.29) is 5.78 Å². The molecule has 2 rings (SSSR count). The molecule has 0 bridgehead atoms. The highest BCUT2D eigenvalue weighted by Crippen LogP contribution is 2.19. The maximum Gasteiger partial charge on any atom is 0.166 e. The van der Waals surface area contributed by atoms with Gasteiger partial charge in [-0.05, 0) is 37.2 Å². The van der Waals surface area contributed by atoms with Crippen LogP contribution in [0.25, 0.3) is 0 Å². The van der Waals surface area contributed by atoms with Crippen LogP contribution >= 0.6 is 0 Å². The Balaban J connectivity index is 2.02. The fourth-order valence-corrected chi connectivity index (χ4v) is 2.27. The van der Waals surface area contributed by atoms with Crippen molar-refractivity contribution >= 4 is 5.78 Å². The molecule has 0 saturated heterocycles. The maximum absolute atomic E-state index is 12.2. The molecule has 0 saturated carbocycles. The molecule has 1 aromatic rings. The van der Waals surface area contributed by atoms with Gasteiger partial charge in [-0.15, -0.1) is 0 Å². The van der Waals surface area contributed by atoms with Crippen molar-refractivity contribution in [3.8, 4) is 0 Å². The van der Waals surface area contributed by atoms with Gasteiger partial charge in [-0.1, -0.05) is 19.9 Å². The molecule has 4 nitrogen and oxygen atoms in total. The van der Waals surface area contributed by atoms with Gasteiger partial charge in [0.25, 0.3) is 0 Å². The lowest BCUT2D eigenvalue weighted by Gasteiger charge is -2.12. The quantitative estimate of drug-likeness (QED) is 0.803. The van der Waals surface area contributed by atoms with E-state index in [0.29, 0.717) is 12.3 Å². The third kappa shape index (κ3) is 3.28. The molecule has 98 valence electrons. The molecule has 0 amide bonds. The third-order valence-electron chi connectivity index (χ3n) is 3.20. The molecular weight excluding hydrogens is 226 g/mol. The zero-order chi connectivity index (χ0) is 13.0. The molecular formula is C14H21N3O. The number of allylic oxidation sites excluding steroid dienone is 2. The van der Waals surface area contributed by atoms with Crippen LogP contribution in [-0.4, -0.2) is 20.5 Å². The second kappa shape index (κ2) is 5.94. The summed E-state index contributed by atoms with van der Waals surface area (Å²) in [6.07, 6.45) is 8.33. The van der Waals surface area contributed by atoms with Gasteiger partial charge < -0.3 is 0 Å². The van der Waals surface area contributed by atoms with Crippen LogP contribution in [0.3, 0.4) is 0 Å². The number of carbonyl (C=O) groups excluding carboxylic acids is 1. The van der Waals surface area contributed by atoms with E-state index in [1.54, 1.807) is 6.33 Å². The largest absolute Gasteiger partial charge is 0.294 e. The molecule has 1 aliphatic carbocycles. The Bertz CT molecular complexity index is 446. The number of ketones is 1. The van der Waals surface area contributed by atoms with E-state index in [2.05, 4.69) is 30.0 Å². The van der Waals surface area contributed by atoms with Gasteiger partial charge in [0.05, 0.1) is 6.42 Å². The van der Waals surface area contributed by atoms with Gasteiger partial charge in [-0.25, -0.2) is 9.67 Å². The lowest BCUT2D eigenvalue weighted by atomic mass is 9.95. The lowest BCUT2D eigenvalue weighted by Crippen LogP contribution is -2.16. The van der Waals surface area contributed by atoms with Crippen LogP contribution < -0.4 is 0 Å². The molecule has 0 radical (unpaired) electrons. The minimum atomic E-state index is 0.215. The number of rotatable bonds is 5. The topological polar surface area (TPSA) is 47.8 Å². The minimum absolute atomic E-state index is 0.215. The SMILES string of the molecule is CC(C)Cn1ncnc1CC(=O)C1=CCCCC1. The molecule has 0 fully saturated rings. The number of nitrogens with zero attached hydrogens (tertiary/aromatic N) is 3. The number of hydrogen-bond donors (Lipinski definition) is 0. The van der Waals surface area contributed by atoms with Crippen LogP contribution in [0.1, 0.15) is 45.4 Å². The molecule has 1 aliphatic rings. The van der Waals surface area contributed by atoms with Crippen molar-refractivity contribution in [2.24, 2.45) is 5.92 Å². The molecule has 18 heavy (non-hydrogen) atoms. The van der Waals surface area contributed by atoms with Gasteiger partial charge in [0.2, 0.25) is 0 Å². The Hall–Kier alpha value is -1.45. The summed E-state index contributed by atoms with van der Waals surface area (Å²) < 4.78 is 1.85. The second-order valence-corrected chi connectivity index (χ2v) is 5.33. The van der Waals surface area contributed by atoms with Gasteiger partial charge in [0.15, 0.2) is 5.78 Å². The van der Waals surface area contributed by atoms with Crippen LogP contribution in [0.4, 0.5) is 0 Å². The lowest BCUT2D eigenvalue weighted by molar-refractivity contribution is -0.115. The average molecular weight is 247 g/mol. The monoisotopic (exact) mass is 247 g/mol. The van der Waals surface area contributed by atoms with E-state index in [4.69, 9.17) is 0 Å². The summed E-state index contributed by atoms with van der Waals surface area (Å²) in [5.74, 6) is 1.52. The molecule has 0 unspecified atom stereocenters. The molecule has 0 N–H and O–H groups in total. The standard InChI is InChI=1S/C14H21N3O/c1-11(2)9-17-14(15-10-16-17)8-13(18)12-6-4-3-5-7-12/h6,10-11H,3-5,7-9H2,1-2H3. The number of Topliss-reactive ketones (excluding diaryl/α,β-unsaturated/α-hetero) is 1. The number of aromatic nitrogens is 3. The Morgan fingerprint density at radius 2 is 2.28 bits per heavy atom. The highest BCUT2D eigenvalue weighted by molar-refractivity contribution is 5.96. The van der Waals surface area contributed by atoms with Crippen molar-refractivity contribution < 1.29 is 4.79 Å². The predicted molar refractivity (Wildman–Crippen MR) is 70.1 cm³/mol. The molecule has 0 atom stereocenters. The van der Waals surface area contributed by atoms with Crippen molar-refractivity contribution in [1.82, 2.24) is 14.8 Å². The average Bonchev–Trinajstić information content (AvgIpc) is 2.77. The Labute approximate surface area is 108 Å². The Morgan fingerprint density at radius 3 is 2.94 bits per heavy atom. The van der Waals surface area contributed by atoms with E-state index in [9.17, 15) is 4.79 Å². The summed E-state index contributed by atoms with van der Waals surface area (Å²) in [4.78, 5) is 16.4. The van der Waals surface area contributed by atoms with Crippen molar-refractivity contribution in [2.45, 2.75) is 52.5 Å². The second-order valence-electron chi connectivity index (χ2n) is 5.33. The van der Waals surface area contributed by atoms with Crippen LogP contribution in [0.2, 0.25) is 0 Å². The summed E-state index contributed by atoms with van der Waals surface area (Å²) in [5.41, 5.74) is 0.986. The van der Waals surface area contributed by atoms with Gasteiger partial charge in [0, 0.05) is 6.54 Å².